The lowest BCUT2D eigenvalue weighted by Crippen LogP contribution is -2.05. The molecule has 2 heterocycles. The van der Waals surface area contributed by atoms with Crippen LogP contribution in [-0.2, 0) is 19.5 Å². The van der Waals surface area contributed by atoms with Gasteiger partial charge in [0.15, 0.2) is 0 Å². The Labute approximate surface area is 118 Å². The van der Waals surface area contributed by atoms with Crippen LogP contribution in [0, 0.1) is 0 Å². The van der Waals surface area contributed by atoms with Crippen molar-refractivity contribution in [3.8, 4) is 11.1 Å². The summed E-state index contributed by atoms with van der Waals surface area (Å²) in [6, 6.07) is 15.3. The van der Waals surface area contributed by atoms with E-state index < -0.39 is 0 Å². The average Bonchev–Trinajstić information content (AvgIpc) is 2.89. The fraction of sp³-hybridized carbons (Fsp3) is 0.222. The van der Waals surface area contributed by atoms with Crippen LogP contribution in [0.5, 0.6) is 0 Å². The standard InChI is InChI=1S/C18H18N2/c19-11-13-6-8-14(9-7-13)17-12-20-10-2-4-15-3-1-5-16(17)18(15)20/h1,3,5-9,12H,2,4,10-11,19H2. The molecule has 1 aliphatic heterocycles. The predicted octanol–water partition coefficient (Wildman–Crippen LogP) is 3.71. The van der Waals surface area contributed by atoms with Gasteiger partial charge in [0.1, 0.15) is 0 Å². The van der Waals surface area contributed by atoms with Crippen LogP contribution in [-0.4, -0.2) is 4.57 Å². The first-order valence-electron chi connectivity index (χ1n) is 7.27. The normalized spacial score (nSPS) is 13.8. The summed E-state index contributed by atoms with van der Waals surface area (Å²) in [6.45, 7) is 1.74. The molecule has 0 aliphatic carbocycles. The second-order valence-electron chi connectivity index (χ2n) is 5.55. The summed E-state index contributed by atoms with van der Waals surface area (Å²) < 4.78 is 2.42. The van der Waals surface area contributed by atoms with Gasteiger partial charge in [-0.05, 0) is 29.5 Å². The van der Waals surface area contributed by atoms with Crippen molar-refractivity contribution in [2.45, 2.75) is 25.9 Å². The molecule has 20 heavy (non-hydrogen) atoms. The van der Waals surface area contributed by atoms with Gasteiger partial charge < -0.3 is 10.3 Å². The Bertz CT molecular complexity index is 766. The van der Waals surface area contributed by atoms with Crippen molar-refractivity contribution in [1.82, 2.24) is 4.57 Å². The van der Waals surface area contributed by atoms with E-state index in [9.17, 15) is 0 Å². The number of hydrogen-bond acceptors (Lipinski definition) is 1. The van der Waals surface area contributed by atoms with Gasteiger partial charge in [-0.15, -0.1) is 0 Å². The first kappa shape index (κ1) is 11.7. The maximum Gasteiger partial charge on any atom is 0.0519 e. The van der Waals surface area contributed by atoms with E-state index >= 15 is 0 Å². The van der Waals surface area contributed by atoms with Crippen molar-refractivity contribution in [3.63, 3.8) is 0 Å². The highest BCUT2D eigenvalue weighted by Gasteiger charge is 2.16. The number of nitrogens with zero attached hydrogens (tertiary/aromatic N) is 1. The summed E-state index contributed by atoms with van der Waals surface area (Å²) in [5.74, 6) is 0. The number of rotatable bonds is 2. The van der Waals surface area contributed by atoms with Crippen molar-refractivity contribution in [2.24, 2.45) is 5.73 Å². The molecule has 0 bridgehead atoms. The van der Waals surface area contributed by atoms with Gasteiger partial charge >= 0.3 is 0 Å². The minimum Gasteiger partial charge on any atom is -0.347 e. The summed E-state index contributed by atoms with van der Waals surface area (Å²) in [7, 11) is 0. The van der Waals surface area contributed by atoms with Crippen LogP contribution >= 0.6 is 0 Å². The first-order chi connectivity index (χ1) is 9.86. The van der Waals surface area contributed by atoms with Gasteiger partial charge in [0.25, 0.3) is 0 Å². The van der Waals surface area contributed by atoms with Crippen LogP contribution < -0.4 is 5.73 Å². The number of aryl methyl sites for hydroxylation is 2. The van der Waals surface area contributed by atoms with Crippen LogP contribution in [0.15, 0.2) is 48.7 Å². The van der Waals surface area contributed by atoms with E-state index in [1.54, 1.807) is 0 Å². The summed E-state index contributed by atoms with van der Waals surface area (Å²) in [5.41, 5.74) is 12.4. The van der Waals surface area contributed by atoms with Crippen LogP contribution in [0.4, 0.5) is 0 Å². The Balaban J connectivity index is 1.94. The number of para-hydroxylation sites is 1. The molecule has 0 fully saturated rings. The molecule has 0 spiro atoms. The first-order valence-corrected chi connectivity index (χ1v) is 7.27. The van der Waals surface area contributed by atoms with Crippen molar-refractivity contribution in [3.05, 3.63) is 59.8 Å². The van der Waals surface area contributed by atoms with E-state index in [1.165, 1.54) is 46.0 Å². The van der Waals surface area contributed by atoms with Crippen molar-refractivity contribution < 1.29 is 0 Å². The Morgan fingerprint density at radius 2 is 1.90 bits per heavy atom. The summed E-state index contributed by atoms with van der Waals surface area (Å²) >= 11 is 0. The molecular weight excluding hydrogens is 244 g/mol. The lowest BCUT2D eigenvalue weighted by atomic mass is 9.99. The van der Waals surface area contributed by atoms with Gasteiger partial charge in [0.2, 0.25) is 0 Å². The third-order valence-corrected chi connectivity index (χ3v) is 4.33. The zero-order valence-electron chi connectivity index (χ0n) is 11.5. The Kier molecular flexibility index (Phi) is 2.64. The van der Waals surface area contributed by atoms with Gasteiger partial charge in [-0.25, -0.2) is 0 Å². The molecule has 0 atom stereocenters. The van der Waals surface area contributed by atoms with Gasteiger partial charge in [-0.3, -0.25) is 0 Å². The van der Waals surface area contributed by atoms with E-state index in [0.717, 1.165) is 6.54 Å². The molecule has 2 N–H and O–H groups in total. The molecule has 3 aromatic rings. The molecule has 0 saturated carbocycles. The van der Waals surface area contributed by atoms with Crippen molar-refractivity contribution in [2.75, 3.05) is 0 Å². The molecule has 0 radical (unpaired) electrons. The second kappa shape index (κ2) is 4.50. The molecule has 0 amide bonds. The predicted molar refractivity (Wildman–Crippen MR) is 83.6 cm³/mol. The summed E-state index contributed by atoms with van der Waals surface area (Å²) in [5, 5.41) is 1.38. The monoisotopic (exact) mass is 262 g/mol. The molecule has 2 heteroatoms. The average molecular weight is 262 g/mol. The van der Waals surface area contributed by atoms with E-state index in [4.69, 9.17) is 5.73 Å². The van der Waals surface area contributed by atoms with Crippen LogP contribution in [0.25, 0.3) is 22.0 Å². The maximum atomic E-state index is 5.68. The molecular formula is C18H18N2. The SMILES string of the molecule is NCc1ccc(-c2cn3c4c(cccc24)CCC3)cc1. The van der Waals surface area contributed by atoms with Gasteiger partial charge in [0, 0.05) is 30.2 Å². The summed E-state index contributed by atoms with van der Waals surface area (Å²) in [6.07, 6.45) is 4.75. The largest absolute Gasteiger partial charge is 0.347 e. The number of aromatic nitrogens is 1. The quantitative estimate of drug-likeness (QED) is 0.750. The molecule has 1 aromatic heterocycles. The highest BCUT2D eigenvalue weighted by atomic mass is 15.0. The molecule has 2 nitrogen and oxygen atoms in total. The zero-order valence-corrected chi connectivity index (χ0v) is 11.5. The third kappa shape index (κ3) is 1.69. The topological polar surface area (TPSA) is 30.9 Å². The second-order valence-corrected chi connectivity index (χ2v) is 5.55. The fourth-order valence-electron chi connectivity index (χ4n) is 3.31. The van der Waals surface area contributed by atoms with Crippen molar-refractivity contribution >= 4 is 10.9 Å². The van der Waals surface area contributed by atoms with E-state index in [-0.39, 0.29) is 0 Å². The minimum absolute atomic E-state index is 0.603. The van der Waals surface area contributed by atoms with Crippen molar-refractivity contribution in [1.29, 1.82) is 0 Å². The van der Waals surface area contributed by atoms with Gasteiger partial charge in [0.05, 0.1) is 5.52 Å². The maximum absolute atomic E-state index is 5.68. The molecule has 0 unspecified atom stereocenters. The molecule has 100 valence electrons. The third-order valence-electron chi connectivity index (χ3n) is 4.33. The lowest BCUT2D eigenvalue weighted by Gasteiger charge is -2.14. The highest BCUT2D eigenvalue weighted by Crippen LogP contribution is 2.35. The smallest absolute Gasteiger partial charge is 0.0519 e. The Morgan fingerprint density at radius 1 is 1.05 bits per heavy atom. The van der Waals surface area contributed by atoms with Crippen LogP contribution in [0.1, 0.15) is 17.5 Å². The lowest BCUT2D eigenvalue weighted by molar-refractivity contribution is 0.636. The molecule has 0 saturated heterocycles. The van der Waals surface area contributed by atoms with E-state index in [0.29, 0.717) is 6.54 Å². The fourth-order valence-corrected chi connectivity index (χ4v) is 3.31. The summed E-state index contributed by atoms with van der Waals surface area (Å²) in [4.78, 5) is 0. The van der Waals surface area contributed by atoms with E-state index in [2.05, 4.69) is 53.2 Å². The molecule has 1 aliphatic rings. The minimum atomic E-state index is 0.603. The molecule has 2 aromatic carbocycles. The zero-order chi connectivity index (χ0) is 13.5. The van der Waals surface area contributed by atoms with Gasteiger partial charge in [-0.1, -0.05) is 42.5 Å². The number of nitrogens with two attached hydrogens (primary N) is 1. The Hall–Kier alpha value is -2.06. The van der Waals surface area contributed by atoms with Gasteiger partial charge in [-0.2, -0.15) is 0 Å². The number of hydrogen-bond donors (Lipinski definition) is 1. The number of benzene rings is 2. The molecule has 4 rings (SSSR count). The Morgan fingerprint density at radius 3 is 2.70 bits per heavy atom. The highest BCUT2D eigenvalue weighted by molar-refractivity contribution is 5.98. The van der Waals surface area contributed by atoms with E-state index in [1.807, 2.05) is 0 Å². The van der Waals surface area contributed by atoms with Crippen LogP contribution in [0.3, 0.4) is 0 Å². The van der Waals surface area contributed by atoms with Crippen LogP contribution in [0.2, 0.25) is 0 Å².